The van der Waals surface area contributed by atoms with Crippen LogP contribution in [0.25, 0.3) is 0 Å². The molecule has 0 fully saturated rings. The average molecular weight is 282 g/mol. The van der Waals surface area contributed by atoms with Gasteiger partial charge in [-0.05, 0) is 24.5 Å². The molecule has 0 aliphatic carbocycles. The van der Waals surface area contributed by atoms with Crippen LogP contribution in [0.1, 0.15) is 32.3 Å². The number of halogens is 2. The number of aliphatic hydroxyl groups excluding tert-OH is 1. The Labute approximate surface area is 110 Å². The number of nitrogens with two attached hydrogens (primary N) is 1. The van der Waals surface area contributed by atoms with Crippen LogP contribution in [0.3, 0.4) is 0 Å². The number of thiophene rings is 1. The van der Waals surface area contributed by atoms with Gasteiger partial charge in [0.1, 0.15) is 0 Å². The normalized spacial score (nSPS) is 17.1. The van der Waals surface area contributed by atoms with Crippen molar-refractivity contribution in [3.8, 4) is 0 Å². The smallest absolute Gasteiger partial charge is 0.0982 e. The van der Waals surface area contributed by atoms with Gasteiger partial charge in [-0.2, -0.15) is 0 Å². The molecule has 1 rings (SSSR count). The van der Waals surface area contributed by atoms with Gasteiger partial charge >= 0.3 is 0 Å². The van der Waals surface area contributed by atoms with Gasteiger partial charge < -0.3 is 10.8 Å². The summed E-state index contributed by atoms with van der Waals surface area (Å²) in [5.74, 6) is 0. The molecule has 0 radical (unpaired) electrons. The highest BCUT2D eigenvalue weighted by molar-refractivity contribution is 7.20. The van der Waals surface area contributed by atoms with Crippen LogP contribution < -0.4 is 5.73 Å². The van der Waals surface area contributed by atoms with Crippen molar-refractivity contribution < 1.29 is 5.11 Å². The number of hydrogen-bond acceptors (Lipinski definition) is 3. The highest BCUT2D eigenvalue weighted by atomic mass is 35.5. The Hall–Kier alpha value is 0.200. The van der Waals surface area contributed by atoms with Crippen molar-refractivity contribution in [1.82, 2.24) is 0 Å². The second kappa shape index (κ2) is 5.69. The molecular formula is C11H17Cl2NOS. The highest BCUT2D eigenvalue weighted by Crippen LogP contribution is 2.42. The summed E-state index contributed by atoms with van der Waals surface area (Å²) in [6, 6.07) is 1.82. The molecule has 3 N–H and O–H groups in total. The van der Waals surface area contributed by atoms with Crippen LogP contribution in [-0.2, 0) is 5.41 Å². The molecule has 1 aromatic heterocycles. The third-order valence-corrected chi connectivity index (χ3v) is 4.65. The minimum absolute atomic E-state index is 0.0391. The minimum atomic E-state index is -0.315. The second-order valence-electron chi connectivity index (χ2n) is 4.14. The van der Waals surface area contributed by atoms with E-state index in [1.807, 2.05) is 19.9 Å². The fourth-order valence-corrected chi connectivity index (χ4v) is 3.66. The first-order chi connectivity index (χ1) is 7.45. The Morgan fingerprint density at radius 1 is 1.56 bits per heavy atom. The zero-order chi connectivity index (χ0) is 12.3. The molecule has 0 aromatic carbocycles. The van der Waals surface area contributed by atoms with E-state index in [1.54, 1.807) is 0 Å². The van der Waals surface area contributed by atoms with Crippen LogP contribution in [0, 0.1) is 0 Å². The van der Waals surface area contributed by atoms with Crippen LogP contribution in [0.2, 0.25) is 8.67 Å². The first-order valence-corrected chi connectivity index (χ1v) is 6.84. The summed E-state index contributed by atoms with van der Waals surface area (Å²) in [7, 11) is 0. The Morgan fingerprint density at radius 2 is 2.19 bits per heavy atom. The van der Waals surface area contributed by atoms with Gasteiger partial charge in [0.15, 0.2) is 0 Å². The standard InChI is InChI=1S/C11H17Cl2NOS/c1-3-8(14)11(2,4-5-15)7-6-9(12)16-10(7)13/h6,8,15H,3-5,14H2,1-2H3. The van der Waals surface area contributed by atoms with Crippen molar-refractivity contribution in [1.29, 1.82) is 0 Å². The summed E-state index contributed by atoms with van der Waals surface area (Å²) in [6.07, 6.45) is 1.43. The van der Waals surface area contributed by atoms with Gasteiger partial charge in [-0.25, -0.2) is 0 Å². The lowest BCUT2D eigenvalue weighted by Crippen LogP contribution is -2.43. The van der Waals surface area contributed by atoms with Gasteiger partial charge in [-0.15, -0.1) is 11.3 Å². The fourth-order valence-electron chi connectivity index (χ4n) is 1.93. The molecule has 16 heavy (non-hydrogen) atoms. The van der Waals surface area contributed by atoms with Crippen molar-refractivity contribution in [2.75, 3.05) is 6.61 Å². The maximum Gasteiger partial charge on any atom is 0.0982 e. The lowest BCUT2D eigenvalue weighted by atomic mass is 9.74. The first kappa shape index (κ1) is 14.3. The molecule has 2 nitrogen and oxygen atoms in total. The first-order valence-electron chi connectivity index (χ1n) is 5.27. The Balaban J connectivity index is 3.15. The monoisotopic (exact) mass is 281 g/mol. The van der Waals surface area contributed by atoms with E-state index in [0.717, 1.165) is 12.0 Å². The number of aliphatic hydroxyl groups is 1. The average Bonchev–Trinajstić information content (AvgIpc) is 2.57. The predicted molar refractivity (Wildman–Crippen MR) is 71.7 cm³/mol. The van der Waals surface area contributed by atoms with E-state index in [2.05, 4.69) is 0 Å². The lowest BCUT2D eigenvalue weighted by Gasteiger charge is -2.34. The van der Waals surface area contributed by atoms with Crippen LogP contribution in [0.4, 0.5) is 0 Å². The predicted octanol–water partition coefficient (Wildman–Crippen LogP) is 3.43. The second-order valence-corrected chi connectivity index (χ2v) is 6.43. The molecule has 0 aliphatic heterocycles. The van der Waals surface area contributed by atoms with Crippen molar-refractivity contribution in [3.05, 3.63) is 20.3 Å². The zero-order valence-corrected chi connectivity index (χ0v) is 11.8. The molecule has 1 heterocycles. The van der Waals surface area contributed by atoms with Crippen molar-refractivity contribution in [2.45, 2.75) is 38.1 Å². The molecule has 92 valence electrons. The van der Waals surface area contributed by atoms with E-state index in [0.29, 0.717) is 15.1 Å². The Morgan fingerprint density at radius 3 is 2.56 bits per heavy atom. The van der Waals surface area contributed by atoms with E-state index in [-0.39, 0.29) is 18.1 Å². The molecule has 0 amide bonds. The molecule has 0 bridgehead atoms. The van der Waals surface area contributed by atoms with E-state index in [4.69, 9.17) is 28.9 Å². The maximum absolute atomic E-state index is 9.18. The number of hydrogen-bond donors (Lipinski definition) is 2. The molecule has 1 aromatic rings. The quantitative estimate of drug-likeness (QED) is 0.869. The molecule has 0 spiro atoms. The summed E-state index contributed by atoms with van der Waals surface area (Å²) in [6.45, 7) is 4.15. The minimum Gasteiger partial charge on any atom is -0.396 e. The molecular weight excluding hydrogens is 265 g/mol. The van der Waals surface area contributed by atoms with Gasteiger partial charge in [0, 0.05) is 18.1 Å². The fraction of sp³-hybridized carbons (Fsp3) is 0.636. The van der Waals surface area contributed by atoms with E-state index in [1.165, 1.54) is 11.3 Å². The van der Waals surface area contributed by atoms with Gasteiger partial charge in [0.05, 0.1) is 8.67 Å². The largest absolute Gasteiger partial charge is 0.396 e. The topological polar surface area (TPSA) is 46.2 Å². The van der Waals surface area contributed by atoms with Crippen LogP contribution in [-0.4, -0.2) is 17.8 Å². The highest BCUT2D eigenvalue weighted by Gasteiger charge is 2.35. The zero-order valence-electron chi connectivity index (χ0n) is 9.46. The van der Waals surface area contributed by atoms with Gasteiger partial charge in [0.25, 0.3) is 0 Å². The van der Waals surface area contributed by atoms with Gasteiger partial charge in [-0.1, -0.05) is 37.0 Å². The third-order valence-electron chi connectivity index (χ3n) is 3.16. The molecule has 5 heteroatoms. The van der Waals surface area contributed by atoms with E-state index >= 15 is 0 Å². The number of rotatable bonds is 5. The Bertz CT molecular complexity index is 356. The Kier molecular flexibility index (Phi) is 5.08. The van der Waals surface area contributed by atoms with Crippen LogP contribution in [0.15, 0.2) is 6.07 Å². The molecule has 2 unspecified atom stereocenters. The van der Waals surface area contributed by atoms with E-state index < -0.39 is 0 Å². The summed E-state index contributed by atoms with van der Waals surface area (Å²) in [4.78, 5) is 0. The summed E-state index contributed by atoms with van der Waals surface area (Å²) < 4.78 is 1.33. The van der Waals surface area contributed by atoms with Crippen molar-refractivity contribution in [2.24, 2.45) is 5.73 Å². The van der Waals surface area contributed by atoms with Crippen molar-refractivity contribution >= 4 is 34.5 Å². The molecule has 0 saturated carbocycles. The van der Waals surface area contributed by atoms with Crippen molar-refractivity contribution in [3.63, 3.8) is 0 Å². The van der Waals surface area contributed by atoms with E-state index in [9.17, 15) is 5.11 Å². The summed E-state index contributed by atoms with van der Waals surface area (Å²) in [5.41, 5.74) is 6.78. The third kappa shape index (κ3) is 2.71. The summed E-state index contributed by atoms with van der Waals surface area (Å²) >= 11 is 13.5. The maximum atomic E-state index is 9.18. The van der Waals surface area contributed by atoms with Crippen LogP contribution >= 0.6 is 34.5 Å². The van der Waals surface area contributed by atoms with Gasteiger partial charge in [0.2, 0.25) is 0 Å². The lowest BCUT2D eigenvalue weighted by molar-refractivity contribution is 0.223. The molecule has 2 atom stereocenters. The molecule has 0 saturated heterocycles. The van der Waals surface area contributed by atoms with Gasteiger partial charge in [-0.3, -0.25) is 0 Å². The van der Waals surface area contributed by atoms with Crippen LogP contribution in [0.5, 0.6) is 0 Å². The molecule has 0 aliphatic rings. The summed E-state index contributed by atoms with van der Waals surface area (Å²) in [5, 5.41) is 9.18. The SMILES string of the molecule is CCC(N)C(C)(CCO)c1cc(Cl)sc1Cl.